The van der Waals surface area contributed by atoms with Crippen LogP contribution >= 0.6 is 0 Å². The van der Waals surface area contributed by atoms with Crippen molar-refractivity contribution in [2.75, 3.05) is 26.4 Å². The number of amides is 3. The monoisotopic (exact) mass is 380 g/mol. The normalized spacial score (nSPS) is 9.85. The first-order valence-corrected chi connectivity index (χ1v) is 8.59. The lowest BCUT2D eigenvalue weighted by molar-refractivity contribution is -0.147. The van der Waals surface area contributed by atoms with Crippen molar-refractivity contribution in [3.8, 4) is 5.75 Å². The third-order valence-electron chi connectivity index (χ3n) is 3.16. The molecule has 9 heteroatoms. The van der Waals surface area contributed by atoms with E-state index in [-0.39, 0.29) is 6.61 Å². The summed E-state index contributed by atoms with van der Waals surface area (Å²) in [6.45, 7) is 3.29. The fourth-order valence-corrected chi connectivity index (χ4v) is 1.81. The Kier molecular flexibility index (Phi) is 9.98. The standard InChI is InChI=1S/C18H24N2O7/c1-3-5-10-26-14-8-6-13(7-9-14)17(23)19-11-16(22)27-12-15(21)20-18(24)25-4-2/h6-9H,3-5,10-12H2,1-2H3,(H,19,23)(H,20,21,24). The summed E-state index contributed by atoms with van der Waals surface area (Å²) in [6.07, 6.45) is 1.05. The number of alkyl carbamates (subject to hydrolysis) is 1. The van der Waals surface area contributed by atoms with Crippen LogP contribution in [0.15, 0.2) is 24.3 Å². The van der Waals surface area contributed by atoms with Crippen LogP contribution in [-0.4, -0.2) is 50.2 Å². The van der Waals surface area contributed by atoms with Gasteiger partial charge >= 0.3 is 12.1 Å². The van der Waals surface area contributed by atoms with Crippen molar-refractivity contribution in [2.24, 2.45) is 0 Å². The number of carbonyl (C=O) groups excluding carboxylic acids is 4. The summed E-state index contributed by atoms with van der Waals surface area (Å²) < 4.78 is 14.7. The molecule has 2 N–H and O–H groups in total. The predicted molar refractivity (Wildman–Crippen MR) is 95.3 cm³/mol. The van der Waals surface area contributed by atoms with Gasteiger partial charge in [0.2, 0.25) is 0 Å². The Balaban J connectivity index is 2.31. The molecule has 0 radical (unpaired) electrons. The minimum absolute atomic E-state index is 0.108. The van der Waals surface area contributed by atoms with Crippen molar-refractivity contribution in [1.29, 1.82) is 0 Å². The van der Waals surface area contributed by atoms with Crippen LogP contribution < -0.4 is 15.4 Å². The van der Waals surface area contributed by atoms with Gasteiger partial charge in [-0.25, -0.2) is 4.79 Å². The molecule has 148 valence electrons. The van der Waals surface area contributed by atoms with Gasteiger partial charge in [-0.1, -0.05) is 13.3 Å². The Morgan fingerprint density at radius 3 is 2.33 bits per heavy atom. The predicted octanol–water partition coefficient (Wildman–Crippen LogP) is 1.41. The SMILES string of the molecule is CCCCOc1ccc(C(=O)NCC(=O)OCC(=O)NC(=O)OCC)cc1. The molecule has 0 aliphatic heterocycles. The van der Waals surface area contributed by atoms with Crippen LogP contribution in [-0.2, 0) is 19.1 Å². The minimum atomic E-state index is -0.922. The van der Waals surface area contributed by atoms with Crippen LogP contribution in [0.1, 0.15) is 37.0 Å². The second-order valence-electron chi connectivity index (χ2n) is 5.34. The maximum atomic E-state index is 12.0. The van der Waals surface area contributed by atoms with Gasteiger partial charge in [-0.2, -0.15) is 0 Å². The maximum absolute atomic E-state index is 12.0. The number of unbranched alkanes of at least 4 members (excludes halogenated alkanes) is 1. The quantitative estimate of drug-likeness (QED) is 0.465. The van der Waals surface area contributed by atoms with Gasteiger partial charge in [0.15, 0.2) is 6.61 Å². The summed E-state index contributed by atoms with van der Waals surface area (Å²) in [4.78, 5) is 45.9. The molecule has 1 rings (SSSR count). The Labute approximate surface area is 157 Å². The number of hydrogen-bond acceptors (Lipinski definition) is 7. The van der Waals surface area contributed by atoms with Gasteiger partial charge in [-0.05, 0) is 37.6 Å². The minimum Gasteiger partial charge on any atom is -0.494 e. The average molecular weight is 380 g/mol. The van der Waals surface area contributed by atoms with E-state index in [1.165, 1.54) is 0 Å². The van der Waals surface area contributed by atoms with Gasteiger partial charge in [0.05, 0.1) is 13.2 Å². The highest BCUT2D eigenvalue weighted by Crippen LogP contribution is 2.12. The smallest absolute Gasteiger partial charge is 0.413 e. The first kappa shape index (κ1) is 21.9. The van der Waals surface area contributed by atoms with Crippen molar-refractivity contribution in [3.05, 3.63) is 29.8 Å². The van der Waals surface area contributed by atoms with Gasteiger partial charge in [-0.3, -0.25) is 19.7 Å². The van der Waals surface area contributed by atoms with Crippen molar-refractivity contribution in [2.45, 2.75) is 26.7 Å². The number of carbonyl (C=O) groups is 4. The van der Waals surface area contributed by atoms with E-state index >= 15 is 0 Å². The van der Waals surface area contributed by atoms with Gasteiger partial charge in [0.1, 0.15) is 12.3 Å². The Bertz CT molecular complexity index is 644. The fourth-order valence-electron chi connectivity index (χ4n) is 1.81. The summed E-state index contributed by atoms with van der Waals surface area (Å²) in [5.41, 5.74) is 0.352. The van der Waals surface area contributed by atoms with E-state index in [1.54, 1.807) is 31.2 Å². The lowest BCUT2D eigenvalue weighted by atomic mass is 10.2. The Morgan fingerprint density at radius 1 is 1.00 bits per heavy atom. The van der Waals surface area contributed by atoms with E-state index in [0.29, 0.717) is 17.9 Å². The molecule has 0 atom stereocenters. The van der Waals surface area contributed by atoms with Crippen molar-refractivity contribution < 1.29 is 33.4 Å². The molecule has 3 amide bonds. The summed E-state index contributed by atoms with van der Waals surface area (Å²) >= 11 is 0. The second-order valence-corrected chi connectivity index (χ2v) is 5.34. The molecule has 0 heterocycles. The molecule has 0 fully saturated rings. The zero-order valence-electron chi connectivity index (χ0n) is 15.4. The molecular weight excluding hydrogens is 356 g/mol. The first-order valence-electron chi connectivity index (χ1n) is 8.59. The summed E-state index contributed by atoms with van der Waals surface area (Å²) in [7, 11) is 0. The molecule has 0 aromatic heterocycles. The van der Waals surface area contributed by atoms with Gasteiger partial charge < -0.3 is 19.5 Å². The largest absolute Gasteiger partial charge is 0.494 e. The highest BCUT2D eigenvalue weighted by atomic mass is 16.6. The zero-order chi connectivity index (χ0) is 20.1. The van der Waals surface area contributed by atoms with Crippen molar-refractivity contribution >= 4 is 23.9 Å². The third-order valence-corrected chi connectivity index (χ3v) is 3.16. The van der Waals surface area contributed by atoms with E-state index < -0.39 is 37.0 Å². The van der Waals surface area contributed by atoms with Crippen molar-refractivity contribution in [1.82, 2.24) is 10.6 Å². The molecule has 1 aromatic rings. The molecule has 0 aliphatic carbocycles. The highest BCUT2D eigenvalue weighted by molar-refractivity contribution is 5.96. The number of nitrogens with one attached hydrogen (secondary N) is 2. The molecule has 9 nitrogen and oxygen atoms in total. The van der Waals surface area contributed by atoms with Crippen LogP contribution in [0.2, 0.25) is 0 Å². The number of rotatable bonds is 10. The lowest BCUT2D eigenvalue weighted by Gasteiger charge is -2.08. The van der Waals surface area contributed by atoms with Gasteiger partial charge in [0.25, 0.3) is 11.8 Å². The Hall–Kier alpha value is -3.10. The molecule has 0 saturated heterocycles. The molecule has 0 saturated carbocycles. The average Bonchev–Trinajstić information content (AvgIpc) is 2.65. The van der Waals surface area contributed by atoms with E-state index in [9.17, 15) is 19.2 Å². The third kappa shape index (κ3) is 9.24. The number of esters is 1. The van der Waals surface area contributed by atoms with E-state index in [0.717, 1.165) is 12.8 Å². The molecule has 0 bridgehead atoms. The first-order chi connectivity index (χ1) is 13.0. The van der Waals surface area contributed by atoms with Crippen LogP contribution in [0.5, 0.6) is 5.75 Å². The second kappa shape index (κ2) is 12.3. The molecular formula is C18H24N2O7. The lowest BCUT2D eigenvalue weighted by Crippen LogP contribution is -2.36. The molecule has 27 heavy (non-hydrogen) atoms. The van der Waals surface area contributed by atoms with Gasteiger partial charge in [0, 0.05) is 5.56 Å². The number of ether oxygens (including phenoxy) is 3. The number of hydrogen-bond donors (Lipinski definition) is 2. The molecule has 1 aromatic carbocycles. The zero-order valence-corrected chi connectivity index (χ0v) is 15.4. The van der Waals surface area contributed by atoms with Crippen LogP contribution in [0.25, 0.3) is 0 Å². The topological polar surface area (TPSA) is 120 Å². The van der Waals surface area contributed by atoms with Crippen LogP contribution in [0.3, 0.4) is 0 Å². The van der Waals surface area contributed by atoms with E-state index in [1.807, 2.05) is 5.32 Å². The van der Waals surface area contributed by atoms with Crippen LogP contribution in [0.4, 0.5) is 4.79 Å². The summed E-state index contributed by atoms with van der Waals surface area (Å²) in [5.74, 6) is -1.45. The van der Waals surface area contributed by atoms with Crippen molar-refractivity contribution in [3.63, 3.8) is 0 Å². The molecule has 0 aliphatic rings. The number of imide groups is 1. The summed E-state index contributed by atoms with van der Waals surface area (Å²) in [6, 6.07) is 6.49. The fraction of sp³-hybridized carbons (Fsp3) is 0.444. The van der Waals surface area contributed by atoms with E-state index in [2.05, 4.69) is 21.7 Å². The number of benzene rings is 1. The Morgan fingerprint density at radius 2 is 1.70 bits per heavy atom. The highest BCUT2D eigenvalue weighted by Gasteiger charge is 2.13. The molecule has 0 spiro atoms. The van der Waals surface area contributed by atoms with E-state index in [4.69, 9.17) is 4.74 Å². The van der Waals surface area contributed by atoms with Crippen LogP contribution in [0, 0.1) is 0 Å². The molecule has 0 unspecified atom stereocenters. The maximum Gasteiger partial charge on any atom is 0.413 e. The van der Waals surface area contributed by atoms with Gasteiger partial charge in [-0.15, -0.1) is 0 Å². The summed E-state index contributed by atoms with van der Waals surface area (Å²) in [5, 5.41) is 4.25.